The van der Waals surface area contributed by atoms with Crippen LogP contribution in [0.5, 0.6) is 0 Å². The van der Waals surface area contributed by atoms with E-state index in [1.54, 1.807) is 37.1 Å². The number of halogens is 1. The molecule has 0 unspecified atom stereocenters. The lowest BCUT2D eigenvalue weighted by Crippen LogP contribution is -2.45. The van der Waals surface area contributed by atoms with Gasteiger partial charge in [-0.15, -0.1) is 0 Å². The number of aromatic nitrogens is 1. The fraction of sp³-hybridized carbons (Fsp3) is 0.520. The van der Waals surface area contributed by atoms with Gasteiger partial charge < -0.3 is 19.8 Å². The number of piperidine rings is 1. The number of likely N-dealkylation sites (N-methyl/N-ethyl adjacent to an activating group) is 1. The van der Waals surface area contributed by atoms with Gasteiger partial charge in [0.25, 0.3) is 0 Å². The molecule has 0 radical (unpaired) electrons. The summed E-state index contributed by atoms with van der Waals surface area (Å²) in [6, 6.07) is 8.59. The van der Waals surface area contributed by atoms with E-state index in [1.807, 2.05) is 12.1 Å². The van der Waals surface area contributed by atoms with Crippen molar-refractivity contribution in [2.24, 2.45) is 5.92 Å². The van der Waals surface area contributed by atoms with Crippen LogP contribution in [0.1, 0.15) is 37.9 Å². The monoisotopic (exact) mass is 440 g/mol. The van der Waals surface area contributed by atoms with E-state index in [-0.39, 0.29) is 17.6 Å². The van der Waals surface area contributed by atoms with Gasteiger partial charge >= 0.3 is 0 Å². The van der Waals surface area contributed by atoms with Crippen LogP contribution in [0.25, 0.3) is 0 Å². The number of benzene rings is 1. The summed E-state index contributed by atoms with van der Waals surface area (Å²) in [5, 5.41) is 10.1. The lowest BCUT2D eigenvalue weighted by molar-refractivity contribution is -0.123. The van der Waals surface area contributed by atoms with Gasteiger partial charge in [0, 0.05) is 44.3 Å². The maximum atomic E-state index is 14.2. The van der Waals surface area contributed by atoms with Crippen LogP contribution in [0.2, 0.25) is 0 Å². The maximum absolute atomic E-state index is 14.2. The summed E-state index contributed by atoms with van der Waals surface area (Å²) >= 11 is 0. The largest absolute Gasteiger partial charge is 0.384 e. The smallest absolute Gasteiger partial charge is 0.230 e. The number of carbonyl (C=O) groups is 1. The Morgan fingerprint density at radius 3 is 2.53 bits per heavy atom. The first-order valence-electron chi connectivity index (χ1n) is 11.4. The predicted molar refractivity (Wildman–Crippen MR) is 124 cm³/mol. The van der Waals surface area contributed by atoms with Crippen LogP contribution in [-0.4, -0.2) is 60.7 Å². The Kier molecular flexibility index (Phi) is 6.49. The quantitative estimate of drug-likeness (QED) is 0.774. The highest BCUT2D eigenvalue weighted by Gasteiger charge is 2.31. The van der Waals surface area contributed by atoms with Gasteiger partial charge in [0.1, 0.15) is 11.4 Å². The van der Waals surface area contributed by atoms with Crippen molar-refractivity contribution in [1.82, 2.24) is 9.88 Å². The van der Waals surface area contributed by atoms with Crippen molar-refractivity contribution in [3.05, 3.63) is 53.6 Å². The Balaban J connectivity index is 1.52. The number of amides is 1. The number of pyridine rings is 1. The summed E-state index contributed by atoms with van der Waals surface area (Å²) in [5.41, 5.74) is 2.24. The molecule has 0 bridgehead atoms. The van der Waals surface area contributed by atoms with E-state index in [1.165, 1.54) is 6.07 Å². The summed E-state index contributed by atoms with van der Waals surface area (Å²) in [6.07, 6.45) is 3.88. The molecule has 1 aromatic heterocycles. The summed E-state index contributed by atoms with van der Waals surface area (Å²) in [6.45, 7) is 7.77. The minimum Gasteiger partial charge on any atom is -0.384 e. The third kappa shape index (κ3) is 4.94. The van der Waals surface area contributed by atoms with Gasteiger partial charge in [-0.1, -0.05) is 0 Å². The number of hydrogen-bond donors (Lipinski definition) is 1. The number of aliphatic hydroxyl groups is 1. The van der Waals surface area contributed by atoms with Gasteiger partial charge in [-0.3, -0.25) is 9.78 Å². The van der Waals surface area contributed by atoms with Crippen molar-refractivity contribution in [3.63, 3.8) is 0 Å². The number of nitrogens with zero attached hydrogens (tertiary/aromatic N) is 4. The number of hydrogen-bond acceptors (Lipinski definition) is 5. The predicted octanol–water partition coefficient (Wildman–Crippen LogP) is 3.19. The van der Waals surface area contributed by atoms with Crippen LogP contribution in [0.15, 0.2) is 36.5 Å². The Morgan fingerprint density at radius 1 is 1.12 bits per heavy atom. The highest BCUT2D eigenvalue weighted by Crippen LogP contribution is 2.31. The molecule has 0 spiro atoms. The Bertz CT molecular complexity index is 949. The van der Waals surface area contributed by atoms with Gasteiger partial charge in [-0.2, -0.15) is 0 Å². The zero-order chi connectivity index (χ0) is 22.9. The van der Waals surface area contributed by atoms with Crippen LogP contribution in [0.3, 0.4) is 0 Å². The molecule has 3 heterocycles. The Labute approximate surface area is 189 Å². The molecule has 2 saturated heterocycles. The van der Waals surface area contributed by atoms with E-state index in [9.17, 15) is 14.3 Å². The van der Waals surface area contributed by atoms with Crippen LogP contribution < -0.4 is 9.80 Å². The molecule has 2 fully saturated rings. The zero-order valence-electron chi connectivity index (χ0n) is 19.2. The van der Waals surface area contributed by atoms with Gasteiger partial charge in [0.15, 0.2) is 0 Å². The van der Waals surface area contributed by atoms with Gasteiger partial charge in [0.05, 0.1) is 17.6 Å². The molecule has 2 aliphatic rings. The van der Waals surface area contributed by atoms with Crippen LogP contribution in [0, 0.1) is 11.7 Å². The van der Waals surface area contributed by atoms with Crippen molar-refractivity contribution in [3.8, 4) is 0 Å². The lowest BCUT2D eigenvalue weighted by Gasteiger charge is -2.36. The standard InChI is InChI=1S/C25H33FN4O2/c1-25(2,32)23-9-7-21(17-27-23)30-10-4-5-18(24(30)31)15-19-16-20(26)6-8-22(19)29-13-11-28(3)12-14-29/h6-9,16-18,32H,4-5,10-15H2,1-3H3/t18-/m0/s1. The van der Waals surface area contributed by atoms with Crippen LogP contribution >= 0.6 is 0 Å². The molecule has 0 saturated carbocycles. The third-order valence-electron chi connectivity index (χ3n) is 6.59. The average molecular weight is 441 g/mol. The van der Waals surface area contributed by atoms with Crippen LogP contribution in [0.4, 0.5) is 15.8 Å². The SMILES string of the molecule is CN1CCN(c2ccc(F)cc2C[C@@H]2CCCN(c3ccc(C(C)(C)O)nc3)C2=O)CC1. The fourth-order valence-electron chi connectivity index (χ4n) is 4.64. The van der Waals surface area contributed by atoms with Crippen molar-refractivity contribution in [2.75, 3.05) is 49.6 Å². The third-order valence-corrected chi connectivity index (χ3v) is 6.59. The van der Waals surface area contributed by atoms with Crippen molar-refractivity contribution in [1.29, 1.82) is 0 Å². The van der Waals surface area contributed by atoms with Gasteiger partial charge in [-0.25, -0.2) is 4.39 Å². The first-order chi connectivity index (χ1) is 15.2. The van der Waals surface area contributed by atoms with Crippen LogP contribution in [-0.2, 0) is 16.8 Å². The first-order valence-corrected chi connectivity index (χ1v) is 11.4. The highest BCUT2D eigenvalue weighted by molar-refractivity contribution is 5.95. The molecule has 1 N–H and O–H groups in total. The molecule has 2 aromatic rings. The van der Waals surface area contributed by atoms with E-state index in [0.717, 1.165) is 56.0 Å². The fourth-order valence-corrected chi connectivity index (χ4v) is 4.64. The summed E-state index contributed by atoms with van der Waals surface area (Å²) < 4.78 is 14.2. The Morgan fingerprint density at radius 2 is 1.88 bits per heavy atom. The molecule has 172 valence electrons. The second-order valence-electron chi connectivity index (χ2n) is 9.56. The number of anilines is 2. The molecule has 1 aromatic carbocycles. The minimum absolute atomic E-state index is 0.0580. The van der Waals surface area contributed by atoms with E-state index in [2.05, 4.69) is 21.8 Å². The van der Waals surface area contributed by atoms with E-state index in [4.69, 9.17) is 0 Å². The molecule has 32 heavy (non-hydrogen) atoms. The summed E-state index contributed by atoms with van der Waals surface area (Å²) in [5.74, 6) is -0.391. The number of carbonyl (C=O) groups excluding carboxylic acids is 1. The number of piperazine rings is 1. The molecule has 7 heteroatoms. The molecular formula is C25H33FN4O2. The number of rotatable bonds is 5. The topological polar surface area (TPSA) is 59.9 Å². The van der Waals surface area contributed by atoms with E-state index < -0.39 is 5.60 Å². The lowest BCUT2D eigenvalue weighted by atomic mass is 9.89. The molecule has 2 aliphatic heterocycles. The molecule has 1 atom stereocenters. The molecule has 0 aliphatic carbocycles. The summed E-state index contributed by atoms with van der Waals surface area (Å²) in [4.78, 5) is 24.1. The van der Waals surface area contributed by atoms with E-state index in [0.29, 0.717) is 18.7 Å². The first kappa shape index (κ1) is 22.7. The van der Waals surface area contributed by atoms with Crippen molar-refractivity contribution in [2.45, 2.75) is 38.7 Å². The van der Waals surface area contributed by atoms with Gasteiger partial charge in [-0.05, 0) is 76.1 Å². The van der Waals surface area contributed by atoms with E-state index >= 15 is 0 Å². The van der Waals surface area contributed by atoms with Gasteiger partial charge in [0.2, 0.25) is 5.91 Å². The molecule has 1 amide bonds. The average Bonchev–Trinajstić information content (AvgIpc) is 2.76. The van der Waals surface area contributed by atoms with Crippen molar-refractivity contribution >= 4 is 17.3 Å². The summed E-state index contributed by atoms with van der Waals surface area (Å²) in [7, 11) is 2.11. The Hall–Kier alpha value is -2.51. The normalized spacial score (nSPS) is 20.7. The molecule has 4 rings (SSSR count). The molecular weight excluding hydrogens is 407 g/mol. The molecule has 6 nitrogen and oxygen atoms in total. The second kappa shape index (κ2) is 9.16. The maximum Gasteiger partial charge on any atom is 0.230 e. The minimum atomic E-state index is -1.02. The van der Waals surface area contributed by atoms with Crippen molar-refractivity contribution < 1.29 is 14.3 Å². The highest BCUT2D eigenvalue weighted by atomic mass is 19.1. The zero-order valence-corrected chi connectivity index (χ0v) is 19.2. The second-order valence-corrected chi connectivity index (χ2v) is 9.56.